The number of aliphatic hydroxyl groups excluding tert-OH is 1. The SMILES string of the molecule is CNC(=O)C[C@@]1(F)C(=O)N(C2CCN(C3c4cccc5cccc(c45)[C@@H]3O)CC2)c2ccccc21. The maximum Gasteiger partial charge on any atom is 0.270 e. The van der Waals surface area contributed by atoms with Gasteiger partial charge in [0.25, 0.3) is 5.91 Å². The number of carbonyl (C=O) groups excluding carboxylic acids is 2. The van der Waals surface area contributed by atoms with E-state index in [0.29, 0.717) is 31.6 Å². The number of hydrogen-bond acceptors (Lipinski definition) is 4. The molecule has 35 heavy (non-hydrogen) atoms. The van der Waals surface area contributed by atoms with Crippen molar-refractivity contribution in [1.82, 2.24) is 10.2 Å². The van der Waals surface area contributed by atoms with Crippen molar-refractivity contribution >= 4 is 28.3 Å². The van der Waals surface area contributed by atoms with Gasteiger partial charge in [-0.05, 0) is 40.8 Å². The van der Waals surface area contributed by atoms with Crippen LogP contribution >= 0.6 is 0 Å². The Morgan fingerprint density at radius 1 is 1.06 bits per heavy atom. The molecule has 1 saturated heterocycles. The van der Waals surface area contributed by atoms with Crippen LogP contribution in [-0.4, -0.2) is 48.0 Å². The van der Waals surface area contributed by atoms with Crippen LogP contribution in [0.2, 0.25) is 0 Å². The Hall–Kier alpha value is -3.29. The number of alkyl halides is 1. The molecule has 7 heteroatoms. The highest BCUT2D eigenvalue weighted by molar-refractivity contribution is 6.09. The molecule has 0 bridgehead atoms. The number of nitrogens with one attached hydrogen (secondary N) is 1. The summed E-state index contributed by atoms with van der Waals surface area (Å²) in [5, 5.41) is 15.9. The van der Waals surface area contributed by atoms with Gasteiger partial charge in [-0.3, -0.25) is 14.5 Å². The lowest BCUT2D eigenvalue weighted by molar-refractivity contribution is -0.136. The van der Waals surface area contributed by atoms with Gasteiger partial charge in [-0.25, -0.2) is 4.39 Å². The van der Waals surface area contributed by atoms with Gasteiger partial charge in [-0.15, -0.1) is 0 Å². The number of amides is 2. The van der Waals surface area contributed by atoms with Gasteiger partial charge in [0.1, 0.15) is 0 Å². The lowest BCUT2D eigenvalue weighted by Crippen LogP contribution is -2.50. The number of carbonyl (C=O) groups is 2. The number of hydrogen-bond donors (Lipinski definition) is 2. The van der Waals surface area contributed by atoms with Crippen LogP contribution in [0.4, 0.5) is 10.1 Å². The molecule has 3 atom stereocenters. The topological polar surface area (TPSA) is 72.9 Å². The van der Waals surface area contributed by atoms with E-state index in [-0.39, 0.29) is 17.6 Å². The Bertz CT molecular complexity index is 1330. The molecular formula is C28H28FN3O3. The van der Waals surface area contributed by atoms with Crippen molar-refractivity contribution in [3.05, 3.63) is 77.4 Å². The molecule has 3 aromatic rings. The Labute approximate surface area is 203 Å². The van der Waals surface area contributed by atoms with E-state index in [4.69, 9.17) is 0 Å². The monoisotopic (exact) mass is 473 g/mol. The minimum Gasteiger partial charge on any atom is -0.386 e. The van der Waals surface area contributed by atoms with Gasteiger partial charge in [0.05, 0.1) is 24.3 Å². The summed E-state index contributed by atoms with van der Waals surface area (Å²) in [6.07, 6.45) is 0.190. The fourth-order valence-electron chi connectivity index (χ4n) is 6.33. The lowest BCUT2D eigenvalue weighted by atomic mass is 9.93. The molecule has 0 spiro atoms. The molecule has 1 unspecified atom stereocenters. The van der Waals surface area contributed by atoms with Crippen molar-refractivity contribution in [3.63, 3.8) is 0 Å². The number of piperidine rings is 1. The summed E-state index contributed by atoms with van der Waals surface area (Å²) >= 11 is 0. The van der Waals surface area contributed by atoms with E-state index >= 15 is 4.39 Å². The summed E-state index contributed by atoms with van der Waals surface area (Å²) in [6.45, 7) is 1.36. The number of nitrogens with zero attached hydrogens (tertiary/aromatic N) is 2. The number of para-hydroxylation sites is 1. The number of aliphatic hydroxyl groups is 1. The second kappa shape index (κ2) is 8.14. The first-order valence-corrected chi connectivity index (χ1v) is 12.2. The quantitative estimate of drug-likeness (QED) is 0.606. The summed E-state index contributed by atoms with van der Waals surface area (Å²) < 4.78 is 16.1. The van der Waals surface area contributed by atoms with Crippen LogP contribution in [-0.2, 0) is 15.3 Å². The summed E-state index contributed by atoms with van der Waals surface area (Å²) in [7, 11) is 1.45. The lowest BCUT2D eigenvalue weighted by Gasteiger charge is -2.41. The highest BCUT2D eigenvalue weighted by Crippen LogP contribution is 2.50. The highest BCUT2D eigenvalue weighted by atomic mass is 19.1. The minimum atomic E-state index is -2.35. The molecule has 3 aromatic carbocycles. The predicted molar refractivity (Wildman–Crippen MR) is 132 cm³/mol. The molecule has 2 amide bonds. The van der Waals surface area contributed by atoms with Crippen molar-refractivity contribution in [3.8, 4) is 0 Å². The Kier molecular flexibility index (Phi) is 5.16. The largest absolute Gasteiger partial charge is 0.386 e. The molecule has 0 saturated carbocycles. The van der Waals surface area contributed by atoms with Crippen LogP contribution in [0.5, 0.6) is 0 Å². The molecule has 1 aliphatic carbocycles. The zero-order valence-corrected chi connectivity index (χ0v) is 19.6. The van der Waals surface area contributed by atoms with Crippen LogP contribution in [0.1, 0.15) is 48.1 Å². The number of likely N-dealkylation sites (tertiary alicyclic amines) is 1. The van der Waals surface area contributed by atoms with Crippen LogP contribution in [0.25, 0.3) is 10.8 Å². The van der Waals surface area contributed by atoms with Crippen molar-refractivity contribution in [2.24, 2.45) is 0 Å². The fraction of sp³-hybridized carbons (Fsp3) is 0.357. The first kappa shape index (κ1) is 22.2. The number of anilines is 1. The number of benzene rings is 3. The second-order valence-corrected chi connectivity index (χ2v) is 9.79. The zero-order valence-electron chi connectivity index (χ0n) is 19.6. The average Bonchev–Trinajstić information content (AvgIpc) is 3.29. The normalized spacial score (nSPS) is 26.4. The van der Waals surface area contributed by atoms with Crippen molar-refractivity contribution in [2.75, 3.05) is 25.0 Å². The van der Waals surface area contributed by atoms with Gasteiger partial charge in [0, 0.05) is 31.7 Å². The number of rotatable bonds is 4. The molecule has 1 fully saturated rings. The third-order valence-electron chi connectivity index (χ3n) is 7.99. The Balaban J connectivity index is 1.25. The molecule has 0 radical (unpaired) electrons. The number of fused-ring (bicyclic) bond motifs is 1. The Morgan fingerprint density at radius 2 is 1.74 bits per heavy atom. The molecule has 0 aromatic heterocycles. The van der Waals surface area contributed by atoms with Gasteiger partial charge < -0.3 is 15.3 Å². The molecule has 180 valence electrons. The van der Waals surface area contributed by atoms with Crippen LogP contribution in [0.15, 0.2) is 60.7 Å². The predicted octanol–water partition coefficient (Wildman–Crippen LogP) is 3.74. The molecular weight excluding hydrogens is 445 g/mol. The van der Waals surface area contributed by atoms with Crippen molar-refractivity contribution < 1.29 is 19.1 Å². The standard InChI is InChI=1S/C28H28FN3O3/c1-30-23(33)16-28(29)21-10-2-3-11-22(21)32(27(28)35)18-12-14-31(15-13-18)25-19-8-4-6-17-7-5-9-20(24(17)19)26(25)34/h2-11,18,25-26,34H,12-16H2,1H3,(H,30,33)/t25?,26-,28-/m0/s1. The average molecular weight is 474 g/mol. The molecule has 3 aliphatic rings. The van der Waals surface area contributed by atoms with Crippen LogP contribution < -0.4 is 10.2 Å². The summed E-state index contributed by atoms with van der Waals surface area (Å²) in [6, 6.07) is 18.8. The number of halogens is 1. The maximum atomic E-state index is 16.1. The van der Waals surface area contributed by atoms with E-state index in [0.717, 1.165) is 21.9 Å². The smallest absolute Gasteiger partial charge is 0.270 e. The van der Waals surface area contributed by atoms with Crippen LogP contribution in [0.3, 0.4) is 0 Å². The van der Waals surface area contributed by atoms with E-state index in [1.807, 2.05) is 18.2 Å². The summed E-state index contributed by atoms with van der Waals surface area (Å²) in [4.78, 5) is 29.3. The summed E-state index contributed by atoms with van der Waals surface area (Å²) in [5.41, 5.74) is 0.572. The first-order chi connectivity index (χ1) is 16.9. The zero-order chi connectivity index (χ0) is 24.3. The van der Waals surface area contributed by atoms with Gasteiger partial charge in [-0.2, -0.15) is 0 Å². The third-order valence-corrected chi connectivity index (χ3v) is 7.99. The molecule has 6 nitrogen and oxygen atoms in total. The molecule has 2 heterocycles. The van der Waals surface area contributed by atoms with Gasteiger partial charge in [-0.1, -0.05) is 54.6 Å². The molecule has 6 rings (SSSR count). The summed E-state index contributed by atoms with van der Waals surface area (Å²) in [5.74, 6) is -1.16. The molecule has 2 N–H and O–H groups in total. The Morgan fingerprint density at radius 3 is 2.46 bits per heavy atom. The second-order valence-electron chi connectivity index (χ2n) is 9.79. The van der Waals surface area contributed by atoms with Gasteiger partial charge in [0.2, 0.25) is 11.6 Å². The van der Waals surface area contributed by atoms with E-state index in [1.54, 1.807) is 29.2 Å². The van der Waals surface area contributed by atoms with E-state index < -0.39 is 30.0 Å². The maximum absolute atomic E-state index is 16.1. The minimum absolute atomic E-state index is 0.132. The third kappa shape index (κ3) is 3.22. The van der Waals surface area contributed by atoms with Crippen molar-refractivity contribution in [2.45, 2.75) is 43.1 Å². The fourth-order valence-corrected chi connectivity index (χ4v) is 6.33. The van der Waals surface area contributed by atoms with Gasteiger partial charge >= 0.3 is 0 Å². The molecule has 2 aliphatic heterocycles. The van der Waals surface area contributed by atoms with Crippen molar-refractivity contribution in [1.29, 1.82) is 0 Å². The van der Waals surface area contributed by atoms with E-state index in [2.05, 4.69) is 28.4 Å². The van der Waals surface area contributed by atoms with E-state index in [1.165, 1.54) is 7.05 Å². The first-order valence-electron chi connectivity index (χ1n) is 12.2. The van der Waals surface area contributed by atoms with E-state index in [9.17, 15) is 14.7 Å². The van der Waals surface area contributed by atoms with Crippen LogP contribution in [0, 0.1) is 0 Å². The van der Waals surface area contributed by atoms with Gasteiger partial charge in [0.15, 0.2) is 0 Å². The highest BCUT2D eigenvalue weighted by Gasteiger charge is 2.54.